The fourth-order valence-electron chi connectivity index (χ4n) is 2.45. The van der Waals surface area contributed by atoms with E-state index in [9.17, 15) is 4.39 Å². The second kappa shape index (κ2) is 5.13. The van der Waals surface area contributed by atoms with E-state index in [1.807, 2.05) is 19.1 Å². The van der Waals surface area contributed by atoms with Gasteiger partial charge in [-0.1, -0.05) is 12.5 Å². The van der Waals surface area contributed by atoms with Crippen molar-refractivity contribution >= 4 is 0 Å². The Morgan fingerprint density at radius 3 is 2.88 bits per heavy atom. The summed E-state index contributed by atoms with van der Waals surface area (Å²) >= 11 is 0. The zero-order chi connectivity index (χ0) is 12.3. The first-order valence-corrected chi connectivity index (χ1v) is 6.43. The second-order valence-electron chi connectivity index (χ2n) is 5.24. The van der Waals surface area contributed by atoms with E-state index in [-0.39, 0.29) is 0 Å². The number of pyridine rings is 1. The maximum Gasteiger partial charge on any atom is 0.136 e. The summed E-state index contributed by atoms with van der Waals surface area (Å²) in [5, 5.41) is 3.40. The number of hydrogen-bond donors (Lipinski definition) is 1. The van der Waals surface area contributed by atoms with Gasteiger partial charge in [0.2, 0.25) is 0 Å². The maximum absolute atomic E-state index is 14.7. The smallest absolute Gasteiger partial charge is 0.136 e. The highest BCUT2D eigenvalue weighted by molar-refractivity contribution is 5.20. The first kappa shape index (κ1) is 12.5. The topological polar surface area (TPSA) is 24.9 Å². The number of nitrogens with one attached hydrogen (secondary N) is 1. The Bertz CT molecular complexity index is 353. The Morgan fingerprint density at radius 2 is 2.29 bits per heavy atom. The third-order valence-electron chi connectivity index (χ3n) is 3.56. The molecule has 0 saturated carbocycles. The molecule has 2 heterocycles. The molecule has 1 aliphatic rings. The highest BCUT2D eigenvalue weighted by Gasteiger charge is 2.30. The Kier molecular flexibility index (Phi) is 3.77. The Balaban J connectivity index is 2.04. The third kappa shape index (κ3) is 3.25. The van der Waals surface area contributed by atoms with Crippen molar-refractivity contribution in [3.05, 3.63) is 29.6 Å². The number of aryl methyl sites for hydroxylation is 1. The lowest BCUT2D eigenvalue weighted by Gasteiger charge is -2.30. The Hall–Kier alpha value is -0.960. The van der Waals surface area contributed by atoms with Crippen molar-refractivity contribution in [3.8, 4) is 0 Å². The fraction of sp³-hybridized carbons (Fsp3) is 0.643. The van der Waals surface area contributed by atoms with Gasteiger partial charge in [-0.15, -0.1) is 0 Å². The molecule has 1 aromatic heterocycles. The SMILES string of the molecule is Cc1ccc(C(C)(F)CC2CCCCN2)cn1. The number of rotatable bonds is 3. The molecule has 2 nitrogen and oxygen atoms in total. The number of aromatic nitrogens is 1. The molecule has 0 amide bonds. The molecule has 0 bridgehead atoms. The van der Waals surface area contributed by atoms with Crippen LogP contribution >= 0.6 is 0 Å². The number of hydrogen-bond acceptors (Lipinski definition) is 2. The van der Waals surface area contributed by atoms with Crippen LogP contribution in [0.2, 0.25) is 0 Å². The summed E-state index contributed by atoms with van der Waals surface area (Å²) in [6, 6.07) is 4.03. The van der Waals surface area contributed by atoms with Crippen LogP contribution in [0.1, 0.15) is 43.9 Å². The summed E-state index contributed by atoms with van der Waals surface area (Å²) in [5.41, 5.74) is 0.339. The third-order valence-corrected chi connectivity index (χ3v) is 3.56. The van der Waals surface area contributed by atoms with E-state index in [4.69, 9.17) is 0 Å². The second-order valence-corrected chi connectivity index (χ2v) is 5.24. The van der Waals surface area contributed by atoms with Gasteiger partial charge in [0.05, 0.1) is 0 Å². The van der Waals surface area contributed by atoms with Gasteiger partial charge in [-0.2, -0.15) is 0 Å². The normalized spacial score (nSPS) is 24.3. The zero-order valence-electron chi connectivity index (χ0n) is 10.7. The van der Waals surface area contributed by atoms with Crippen molar-refractivity contribution in [2.45, 2.75) is 51.2 Å². The van der Waals surface area contributed by atoms with Gasteiger partial charge in [-0.3, -0.25) is 4.98 Å². The van der Waals surface area contributed by atoms with Crippen LogP contribution in [0.5, 0.6) is 0 Å². The molecule has 2 rings (SSSR count). The minimum absolute atomic E-state index is 0.306. The van der Waals surface area contributed by atoms with E-state index < -0.39 is 5.67 Å². The van der Waals surface area contributed by atoms with Crippen LogP contribution in [-0.4, -0.2) is 17.6 Å². The lowest BCUT2D eigenvalue weighted by atomic mass is 9.88. The highest BCUT2D eigenvalue weighted by atomic mass is 19.1. The minimum Gasteiger partial charge on any atom is -0.314 e. The van der Waals surface area contributed by atoms with Gasteiger partial charge >= 0.3 is 0 Å². The van der Waals surface area contributed by atoms with Crippen LogP contribution < -0.4 is 5.32 Å². The van der Waals surface area contributed by atoms with Gasteiger partial charge in [0, 0.05) is 29.9 Å². The molecule has 17 heavy (non-hydrogen) atoms. The van der Waals surface area contributed by atoms with Crippen LogP contribution in [0.4, 0.5) is 4.39 Å². The van der Waals surface area contributed by atoms with Gasteiger partial charge in [0.15, 0.2) is 0 Å². The van der Waals surface area contributed by atoms with Crippen molar-refractivity contribution in [3.63, 3.8) is 0 Å². The summed E-state index contributed by atoms with van der Waals surface area (Å²) in [5.74, 6) is 0. The molecule has 2 atom stereocenters. The average molecular weight is 236 g/mol. The van der Waals surface area contributed by atoms with Crippen molar-refractivity contribution in [2.75, 3.05) is 6.54 Å². The van der Waals surface area contributed by atoms with Crippen LogP contribution in [0.25, 0.3) is 0 Å². The highest BCUT2D eigenvalue weighted by Crippen LogP contribution is 2.32. The minimum atomic E-state index is -1.28. The molecule has 94 valence electrons. The maximum atomic E-state index is 14.7. The van der Waals surface area contributed by atoms with Gasteiger partial charge in [-0.25, -0.2) is 4.39 Å². The lowest BCUT2D eigenvalue weighted by molar-refractivity contribution is 0.146. The van der Waals surface area contributed by atoms with Gasteiger partial charge in [0.1, 0.15) is 5.67 Å². The molecule has 0 aromatic carbocycles. The molecule has 1 aliphatic heterocycles. The van der Waals surface area contributed by atoms with E-state index in [1.54, 1.807) is 13.1 Å². The Morgan fingerprint density at radius 1 is 1.47 bits per heavy atom. The van der Waals surface area contributed by atoms with Crippen LogP contribution in [0.15, 0.2) is 18.3 Å². The first-order chi connectivity index (χ1) is 8.08. The van der Waals surface area contributed by atoms with E-state index in [1.165, 1.54) is 12.8 Å². The fourth-order valence-corrected chi connectivity index (χ4v) is 2.45. The standard InChI is InChI=1S/C14H21FN2/c1-11-6-7-12(10-17-11)14(2,15)9-13-5-3-4-8-16-13/h6-7,10,13,16H,3-5,8-9H2,1-2H3. The van der Waals surface area contributed by atoms with Gasteiger partial charge in [-0.05, 0) is 39.3 Å². The predicted molar refractivity (Wildman–Crippen MR) is 67.7 cm³/mol. The number of piperidine rings is 1. The zero-order valence-corrected chi connectivity index (χ0v) is 10.7. The number of halogens is 1. The quantitative estimate of drug-likeness (QED) is 0.872. The average Bonchev–Trinajstić information content (AvgIpc) is 2.30. The molecule has 1 fully saturated rings. The molecule has 0 radical (unpaired) electrons. The first-order valence-electron chi connectivity index (χ1n) is 6.43. The summed E-state index contributed by atoms with van der Waals surface area (Å²) in [4.78, 5) is 4.18. The van der Waals surface area contributed by atoms with Crippen molar-refractivity contribution in [1.29, 1.82) is 0 Å². The summed E-state index contributed by atoms with van der Waals surface area (Å²) < 4.78 is 14.7. The molecular weight excluding hydrogens is 215 g/mol. The van der Waals surface area contributed by atoms with Crippen LogP contribution in [-0.2, 0) is 5.67 Å². The van der Waals surface area contributed by atoms with Crippen molar-refractivity contribution in [1.82, 2.24) is 10.3 Å². The monoisotopic (exact) mass is 236 g/mol. The predicted octanol–water partition coefficient (Wildman–Crippen LogP) is 3.11. The summed E-state index contributed by atoms with van der Waals surface area (Å²) in [6.07, 6.45) is 5.71. The largest absolute Gasteiger partial charge is 0.314 e. The van der Waals surface area contributed by atoms with E-state index in [0.717, 1.165) is 18.7 Å². The molecule has 1 aromatic rings. The van der Waals surface area contributed by atoms with Crippen LogP contribution in [0.3, 0.4) is 0 Å². The molecule has 1 saturated heterocycles. The van der Waals surface area contributed by atoms with Crippen molar-refractivity contribution in [2.24, 2.45) is 0 Å². The summed E-state index contributed by atoms with van der Waals surface area (Å²) in [7, 11) is 0. The number of alkyl halides is 1. The van der Waals surface area contributed by atoms with E-state index in [2.05, 4.69) is 10.3 Å². The Labute approximate surface area is 103 Å². The molecule has 0 aliphatic carbocycles. The van der Waals surface area contributed by atoms with Crippen molar-refractivity contribution < 1.29 is 4.39 Å². The van der Waals surface area contributed by atoms with E-state index in [0.29, 0.717) is 18.0 Å². The number of nitrogens with zero attached hydrogens (tertiary/aromatic N) is 1. The van der Waals surface area contributed by atoms with E-state index >= 15 is 0 Å². The molecular formula is C14H21FN2. The van der Waals surface area contributed by atoms with Gasteiger partial charge < -0.3 is 5.32 Å². The summed E-state index contributed by atoms with van der Waals surface area (Å²) in [6.45, 7) is 4.60. The molecule has 1 N–H and O–H groups in total. The molecule has 0 spiro atoms. The molecule has 3 heteroatoms. The molecule has 2 unspecified atom stereocenters. The lowest BCUT2D eigenvalue weighted by Crippen LogP contribution is -2.38. The van der Waals surface area contributed by atoms with Gasteiger partial charge in [0.25, 0.3) is 0 Å². The van der Waals surface area contributed by atoms with Crippen LogP contribution in [0, 0.1) is 6.92 Å².